The lowest BCUT2D eigenvalue weighted by molar-refractivity contribution is -0.120. The molecule has 1 aliphatic rings. The molecule has 2 aromatic carbocycles. The van der Waals surface area contributed by atoms with Crippen LogP contribution in [-0.2, 0) is 14.8 Å². The summed E-state index contributed by atoms with van der Waals surface area (Å²) in [5.74, 6) is 0.963. The summed E-state index contributed by atoms with van der Waals surface area (Å²) in [4.78, 5) is 12.9. The van der Waals surface area contributed by atoms with Crippen LogP contribution in [0.25, 0.3) is 0 Å². The number of rotatable bonds is 6. The number of benzene rings is 2. The summed E-state index contributed by atoms with van der Waals surface area (Å²) in [6.45, 7) is 5.61. The number of aryl methyl sites for hydroxylation is 1. The quantitative estimate of drug-likeness (QED) is 0.758. The topological polar surface area (TPSA) is 84.9 Å². The Balaban J connectivity index is 1.82. The van der Waals surface area contributed by atoms with Gasteiger partial charge in [0.25, 0.3) is 0 Å². The Kier molecular flexibility index (Phi) is 5.99. The summed E-state index contributed by atoms with van der Waals surface area (Å²) in [5.41, 5.74) is 1.91. The molecule has 1 atom stereocenters. The molecule has 2 aromatic rings. The number of fused-ring (bicyclic) bond motifs is 1. The van der Waals surface area contributed by atoms with Gasteiger partial charge in [-0.25, -0.2) is 8.42 Å². The van der Waals surface area contributed by atoms with Crippen LogP contribution in [0.3, 0.4) is 0 Å². The first-order chi connectivity index (χ1) is 14.0. The molecule has 0 saturated heterocycles. The Morgan fingerprint density at radius 3 is 2.50 bits per heavy atom. The molecule has 8 heteroatoms. The molecule has 0 aromatic heterocycles. The van der Waals surface area contributed by atoms with Gasteiger partial charge in [0, 0.05) is 12.0 Å². The van der Waals surface area contributed by atoms with Crippen LogP contribution in [0.2, 0.25) is 0 Å². The van der Waals surface area contributed by atoms with Crippen LogP contribution in [0.15, 0.2) is 42.5 Å². The average Bonchev–Trinajstić information content (AvgIpc) is 2.64. The fourth-order valence-electron chi connectivity index (χ4n) is 3.61. The maximum Gasteiger partial charge on any atom is 0.241 e. The monoisotopic (exact) mass is 432 g/mol. The first-order valence-electron chi connectivity index (χ1n) is 9.69. The SMILES string of the molecule is COc1ccc(N(CC(=O)N[C@H]2CC(C)(C)Oc3cc(C)ccc32)S(C)(=O)=O)cc1. The lowest BCUT2D eigenvalue weighted by atomic mass is 9.89. The van der Waals surface area contributed by atoms with Gasteiger partial charge in [0.2, 0.25) is 15.9 Å². The number of nitrogens with zero attached hydrogens (tertiary/aromatic N) is 1. The zero-order chi connectivity index (χ0) is 22.1. The molecule has 0 bridgehead atoms. The number of hydrogen-bond donors (Lipinski definition) is 1. The molecule has 7 nitrogen and oxygen atoms in total. The third kappa shape index (κ3) is 5.05. The molecule has 1 aliphatic heterocycles. The Morgan fingerprint density at radius 1 is 1.23 bits per heavy atom. The van der Waals surface area contributed by atoms with E-state index < -0.39 is 15.6 Å². The third-order valence-corrected chi connectivity index (χ3v) is 6.15. The third-order valence-electron chi connectivity index (χ3n) is 5.01. The van der Waals surface area contributed by atoms with Crippen LogP contribution >= 0.6 is 0 Å². The van der Waals surface area contributed by atoms with E-state index in [-0.39, 0.29) is 18.5 Å². The number of ether oxygens (including phenoxy) is 2. The number of amides is 1. The van der Waals surface area contributed by atoms with Gasteiger partial charge in [0.15, 0.2) is 0 Å². The van der Waals surface area contributed by atoms with Crippen LogP contribution in [0.5, 0.6) is 11.5 Å². The van der Waals surface area contributed by atoms with Gasteiger partial charge in [-0.1, -0.05) is 12.1 Å². The minimum atomic E-state index is -3.66. The average molecular weight is 433 g/mol. The number of carbonyl (C=O) groups is 1. The molecule has 0 unspecified atom stereocenters. The Bertz CT molecular complexity index is 1030. The lowest BCUT2D eigenvalue weighted by Crippen LogP contribution is -2.45. The molecule has 1 amide bonds. The summed E-state index contributed by atoms with van der Waals surface area (Å²) in [6.07, 6.45) is 1.66. The molecule has 0 saturated carbocycles. The Hall–Kier alpha value is -2.74. The van der Waals surface area contributed by atoms with E-state index in [2.05, 4.69) is 5.32 Å². The molecule has 3 rings (SSSR count). The zero-order valence-corrected chi connectivity index (χ0v) is 18.7. The van der Waals surface area contributed by atoms with Crippen LogP contribution < -0.4 is 19.1 Å². The molecule has 0 spiro atoms. The van der Waals surface area contributed by atoms with Gasteiger partial charge in [-0.15, -0.1) is 0 Å². The smallest absolute Gasteiger partial charge is 0.241 e. The molecule has 0 fully saturated rings. The van der Waals surface area contributed by atoms with E-state index >= 15 is 0 Å². The molecule has 0 radical (unpaired) electrons. The first kappa shape index (κ1) is 22.0. The van der Waals surface area contributed by atoms with Gasteiger partial charge in [-0.05, 0) is 56.7 Å². The molecule has 0 aliphatic carbocycles. The Morgan fingerprint density at radius 2 is 1.90 bits per heavy atom. The number of methoxy groups -OCH3 is 1. The summed E-state index contributed by atoms with van der Waals surface area (Å²) in [5, 5.41) is 3.00. The van der Waals surface area contributed by atoms with Gasteiger partial charge >= 0.3 is 0 Å². The molecule has 1 N–H and O–H groups in total. The van der Waals surface area contributed by atoms with Gasteiger partial charge in [0.1, 0.15) is 23.6 Å². The van der Waals surface area contributed by atoms with Crippen LogP contribution in [-0.4, -0.2) is 39.8 Å². The van der Waals surface area contributed by atoms with Crippen molar-refractivity contribution in [1.29, 1.82) is 0 Å². The number of nitrogens with one attached hydrogen (secondary N) is 1. The van der Waals surface area contributed by atoms with Crippen LogP contribution in [0.1, 0.15) is 37.4 Å². The van der Waals surface area contributed by atoms with Crippen molar-refractivity contribution in [3.8, 4) is 11.5 Å². The van der Waals surface area contributed by atoms with Crippen molar-refractivity contribution in [1.82, 2.24) is 5.32 Å². The normalized spacial score (nSPS) is 17.4. The van der Waals surface area contributed by atoms with Crippen molar-refractivity contribution >= 4 is 21.6 Å². The van der Waals surface area contributed by atoms with Crippen LogP contribution in [0.4, 0.5) is 5.69 Å². The number of hydrogen-bond acceptors (Lipinski definition) is 5. The van der Waals surface area contributed by atoms with Gasteiger partial charge in [0.05, 0.1) is 25.1 Å². The van der Waals surface area contributed by atoms with E-state index in [1.54, 1.807) is 24.3 Å². The van der Waals surface area contributed by atoms with Crippen molar-refractivity contribution < 1.29 is 22.7 Å². The number of carbonyl (C=O) groups excluding carboxylic acids is 1. The highest BCUT2D eigenvalue weighted by Crippen LogP contribution is 2.39. The summed E-state index contributed by atoms with van der Waals surface area (Å²) in [7, 11) is -2.12. The van der Waals surface area contributed by atoms with Crippen molar-refractivity contribution in [2.24, 2.45) is 0 Å². The standard InChI is InChI=1S/C22H28N2O5S/c1-15-6-11-18-19(13-22(2,3)29-20(18)12-15)23-21(25)14-24(30(5,26)27)16-7-9-17(28-4)10-8-16/h6-12,19H,13-14H2,1-5H3,(H,23,25)/t19-/m0/s1. The van der Waals surface area contributed by atoms with Gasteiger partial charge in [-0.2, -0.15) is 0 Å². The maximum absolute atomic E-state index is 12.9. The Labute approximate surface area is 178 Å². The summed E-state index contributed by atoms with van der Waals surface area (Å²) >= 11 is 0. The second-order valence-electron chi connectivity index (χ2n) is 8.19. The summed E-state index contributed by atoms with van der Waals surface area (Å²) < 4.78 is 37.0. The molecule has 1 heterocycles. The molecule has 30 heavy (non-hydrogen) atoms. The van der Waals surface area contributed by atoms with Crippen molar-refractivity contribution in [3.63, 3.8) is 0 Å². The van der Waals surface area contributed by atoms with Crippen molar-refractivity contribution in [2.75, 3.05) is 24.2 Å². The first-order valence-corrected chi connectivity index (χ1v) is 11.5. The largest absolute Gasteiger partial charge is 0.497 e. The zero-order valence-electron chi connectivity index (χ0n) is 17.9. The summed E-state index contributed by atoms with van der Waals surface area (Å²) in [6, 6.07) is 12.1. The molecule has 162 valence electrons. The minimum absolute atomic E-state index is 0.269. The lowest BCUT2D eigenvalue weighted by Gasteiger charge is -2.38. The predicted molar refractivity (Wildman–Crippen MR) is 117 cm³/mol. The van der Waals surface area contributed by atoms with E-state index in [1.807, 2.05) is 39.0 Å². The highest BCUT2D eigenvalue weighted by Gasteiger charge is 2.35. The second-order valence-corrected chi connectivity index (χ2v) is 10.1. The number of anilines is 1. The van der Waals surface area contributed by atoms with Gasteiger partial charge < -0.3 is 14.8 Å². The number of sulfonamides is 1. The van der Waals surface area contributed by atoms with Gasteiger partial charge in [-0.3, -0.25) is 9.10 Å². The van der Waals surface area contributed by atoms with E-state index in [0.29, 0.717) is 17.9 Å². The minimum Gasteiger partial charge on any atom is -0.497 e. The van der Waals surface area contributed by atoms with Crippen LogP contribution in [0, 0.1) is 6.92 Å². The maximum atomic E-state index is 12.9. The van der Waals surface area contributed by atoms with Crippen molar-refractivity contribution in [3.05, 3.63) is 53.6 Å². The fourth-order valence-corrected chi connectivity index (χ4v) is 4.46. The van der Waals surface area contributed by atoms with E-state index in [4.69, 9.17) is 9.47 Å². The molecular formula is C22H28N2O5S. The second kappa shape index (κ2) is 8.18. The fraction of sp³-hybridized carbons (Fsp3) is 0.409. The highest BCUT2D eigenvalue weighted by molar-refractivity contribution is 7.92. The van der Waals surface area contributed by atoms with Crippen molar-refractivity contribution in [2.45, 2.75) is 38.8 Å². The predicted octanol–water partition coefficient (Wildman–Crippen LogP) is 3.19. The highest BCUT2D eigenvalue weighted by atomic mass is 32.2. The van der Waals surface area contributed by atoms with E-state index in [0.717, 1.165) is 27.4 Å². The van der Waals surface area contributed by atoms with E-state index in [9.17, 15) is 13.2 Å². The molecular weight excluding hydrogens is 404 g/mol. The van der Waals surface area contributed by atoms with E-state index in [1.165, 1.54) is 7.11 Å².